The highest BCUT2D eigenvalue weighted by Gasteiger charge is 2.54. The fourth-order valence-electron chi connectivity index (χ4n) is 5.70. The van der Waals surface area contributed by atoms with Gasteiger partial charge < -0.3 is 5.32 Å². The van der Waals surface area contributed by atoms with Gasteiger partial charge in [-0.3, -0.25) is 0 Å². The van der Waals surface area contributed by atoms with Gasteiger partial charge >= 0.3 is 0 Å². The second-order valence-electron chi connectivity index (χ2n) is 7.11. The van der Waals surface area contributed by atoms with Crippen LogP contribution in [0.3, 0.4) is 0 Å². The summed E-state index contributed by atoms with van der Waals surface area (Å²) >= 11 is 0. The smallest absolute Gasteiger partial charge is 0.145 e. The van der Waals surface area contributed by atoms with Gasteiger partial charge in [0.1, 0.15) is 5.82 Å². The summed E-state index contributed by atoms with van der Waals surface area (Å²) in [5, 5.41) is 3.55. The molecule has 4 aliphatic carbocycles. The van der Waals surface area contributed by atoms with Gasteiger partial charge in [-0.05, 0) is 74.8 Å². The molecule has 0 radical (unpaired) electrons. The molecule has 1 N–H and O–H groups in total. The lowest BCUT2D eigenvalue weighted by molar-refractivity contribution is -0.0751. The second-order valence-corrected chi connectivity index (χ2v) is 7.11. The van der Waals surface area contributed by atoms with Crippen LogP contribution in [0.5, 0.6) is 0 Å². The van der Waals surface area contributed by atoms with E-state index in [1.807, 2.05) is 18.5 Å². The van der Waals surface area contributed by atoms with Crippen molar-refractivity contribution in [3.8, 4) is 0 Å². The van der Waals surface area contributed by atoms with Gasteiger partial charge in [-0.1, -0.05) is 0 Å². The Balaban J connectivity index is 1.70. The molecule has 1 unspecified atom stereocenters. The lowest BCUT2D eigenvalue weighted by atomic mass is 9.47. The van der Waals surface area contributed by atoms with Crippen LogP contribution in [0.1, 0.15) is 50.4 Å². The molecule has 5 rings (SSSR count). The lowest BCUT2D eigenvalue weighted by Gasteiger charge is -2.59. The first-order chi connectivity index (χ1) is 9.29. The summed E-state index contributed by atoms with van der Waals surface area (Å²) in [5.74, 6) is 3.94. The normalized spacial score (nSPS) is 41.4. The van der Waals surface area contributed by atoms with Crippen molar-refractivity contribution in [2.45, 2.75) is 44.6 Å². The molecule has 102 valence electrons. The van der Waals surface area contributed by atoms with Crippen molar-refractivity contribution in [3.05, 3.63) is 24.3 Å². The van der Waals surface area contributed by atoms with E-state index in [0.29, 0.717) is 11.5 Å². The summed E-state index contributed by atoms with van der Waals surface area (Å²) in [6, 6.07) is 2.26. The number of rotatable bonds is 3. The highest BCUT2D eigenvalue weighted by atomic mass is 15.0. The molecular formula is C16H23N3. The Kier molecular flexibility index (Phi) is 2.66. The first kappa shape index (κ1) is 11.8. The van der Waals surface area contributed by atoms with Crippen LogP contribution in [0.2, 0.25) is 0 Å². The lowest BCUT2D eigenvalue weighted by Crippen LogP contribution is -2.51. The monoisotopic (exact) mass is 257 g/mol. The molecule has 4 aliphatic rings. The zero-order chi connectivity index (χ0) is 12.9. The van der Waals surface area contributed by atoms with Gasteiger partial charge in [0.05, 0.1) is 6.04 Å². The summed E-state index contributed by atoms with van der Waals surface area (Å²) in [5.41, 5.74) is 0.435. The number of nitrogens with zero attached hydrogens (tertiary/aromatic N) is 2. The van der Waals surface area contributed by atoms with E-state index in [4.69, 9.17) is 0 Å². The Labute approximate surface area is 115 Å². The Bertz CT molecular complexity index is 421. The van der Waals surface area contributed by atoms with Crippen LogP contribution < -0.4 is 5.32 Å². The highest BCUT2D eigenvalue weighted by molar-refractivity contribution is 5.11. The van der Waals surface area contributed by atoms with Crippen molar-refractivity contribution >= 4 is 0 Å². The molecule has 19 heavy (non-hydrogen) atoms. The number of hydrogen-bond donors (Lipinski definition) is 1. The Hall–Kier alpha value is -0.960. The van der Waals surface area contributed by atoms with Gasteiger partial charge in [-0.15, -0.1) is 0 Å². The zero-order valence-electron chi connectivity index (χ0n) is 11.7. The Morgan fingerprint density at radius 2 is 1.58 bits per heavy atom. The number of aromatic nitrogens is 2. The van der Waals surface area contributed by atoms with E-state index in [1.165, 1.54) is 38.5 Å². The first-order valence-electron chi connectivity index (χ1n) is 7.73. The van der Waals surface area contributed by atoms with Crippen LogP contribution in [0.4, 0.5) is 0 Å². The third kappa shape index (κ3) is 1.82. The van der Waals surface area contributed by atoms with Crippen molar-refractivity contribution in [1.29, 1.82) is 0 Å². The average Bonchev–Trinajstić information content (AvgIpc) is 2.38. The van der Waals surface area contributed by atoms with Crippen LogP contribution in [0.25, 0.3) is 0 Å². The molecule has 3 heteroatoms. The molecule has 4 fully saturated rings. The van der Waals surface area contributed by atoms with Gasteiger partial charge in [0.15, 0.2) is 0 Å². The van der Waals surface area contributed by atoms with Crippen LogP contribution in [-0.2, 0) is 0 Å². The topological polar surface area (TPSA) is 37.8 Å². The quantitative estimate of drug-likeness (QED) is 0.904. The van der Waals surface area contributed by atoms with Gasteiger partial charge in [-0.2, -0.15) is 0 Å². The van der Waals surface area contributed by atoms with E-state index in [0.717, 1.165) is 23.6 Å². The maximum atomic E-state index is 4.53. The largest absolute Gasteiger partial charge is 0.310 e. The molecule has 1 atom stereocenters. The van der Waals surface area contributed by atoms with Crippen LogP contribution in [-0.4, -0.2) is 17.0 Å². The Morgan fingerprint density at radius 3 is 2.05 bits per heavy atom. The molecule has 0 saturated heterocycles. The van der Waals surface area contributed by atoms with Crippen LogP contribution in [0.15, 0.2) is 18.5 Å². The maximum Gasteiger partial charge on any atom is 0.145 e. The number of nitrogens with one attached hydrogen (secondary N) is 1. The maximum absolute atomic E-state index is 4.53. The van der Waals surface area contributed by atoms with Crippen molar-refractivity contribution in [1.82, 2.24) is 15.3 Å². The molecular weight excluding hydrogens is 234 g/mol. The summed E-state index contributed by atoms with van der Waals surface area (Å²) < 4.78 is 0. The predicted octanol–water partition coefficient (Wildman–Crippen LogP) is 2.95. The molecule has 0 amide bonds. The molecule has 1 aromatic heterocycles. The standard InChI is InChI=1S/C16H23N3/c1-17-14(15-18-3-2-4-19-15)16-8-11-5-12(9-16)7-13(6-11)10-16/h2-4,11-14,17H,5-10H2,1H3. The molecule has 3 nitrogen and oxygen atoms in total. The van der Waals surface area contributed by atoms with E-state index in [9.17, 15) is 0 Å². The van der Waals surface area contributed by atoms with Gasteiger partial charge in [-0.25, -0.2) is 9.97 Å². The minimum Gasteiger partial charge on any atom is -0.310 e. The minimum atomic E-state index is 0.349. The zero-order valence-corrected chi connectivity index (χ0v) is 11.7. The van der Waals surface area contributed by atoms with E-state index in [1.54, 1.807) is 0 Å². The molecule has 1 heterocycles. The highest BCUT2D eigenvalue weighted by Crippen LogP contribution is 2.63. The number of hydrogen-bond acceptors (Lipinski definition) is 3. The third-order valence-corrected chi connectivity index (χ3v) is 5.83. The molecule has 0 aliphatic heterocycles. The van der Waals surface area contributed by atoms with E-state index in [-0.39, 0.29) is 0 Å². The predicted molar refractivity (Wildman–Crippen MR) is 74.4 cm³/mol. The van der Waals surface area contributed by atoms with E-state index < -0.39 is 0 Å². The van der Waals surface area contributed by atoms with Crippen molar-refractivity contribution in [2.24, 2.45) is 23.2 Å². The SMILES string of the molecule is CNC(c1ncccn1)C12CC3CC(CC(C3)C1)C2. The fourth-order valence-corrected chi connectivity index (χ4v) is 5.70. The van der Waals surface area contributed by atoms with Crippen molar-refractivity contribution in [3.63, 3.8) is 0 Å². The van der Waals surface area contributed by atoms with Gasteiger partial charge in [0.2, 0.25) is 0 Å². The molecule has 0 aromatic carbocycles. The van der Waals surface area contributed by atoms with Crippen LogP contribution >= 0.6 is 0 Å². The second kappa shape index (κ2) is 4.27. The van der Waals surface area contributed by atoms with Crippen molar-refractivity contribution in [2.75, 3.05) is 7.05 Å². The summed E-state index contributed by atoms with van der Waals surface area (Å²) in [6.07, 6.45) is 12.4. The molecule has 4 saturated carbocycles. The first-order valence-corrected chi connectivity index (χ1v) is 7.73. The molecule has 1 aromatic rings. The van der Waals surface area contributed by atoms with Gasteiger partial charge in [0.25, 0.3) is 0 Å². The summed E-state index contributed by atoms with van der Waals surface area (Å²) in [6.45, 7) is 0. The average molecular weight is 257 g/mol. The van der Waals surface area contributed by atoms with Crippen LogP contribution in [0, 0.1) is 23.2 Å². The summed E-state index contributed by atoms with van der Waals surface area (Å²) in [4.78, 5) is 9.07. The van der Waals surface area contributed by atoms with E-state index >= 15 is 0 Å². The summed E-state index contributed by atoms with van der Waals surface area (Å²) in [7, 11) is 2.08. The van der Waals surface area contributed by atoms with Gasteiger partial charge in [0, 0.05) is 12.4 Å². The molecule has 0 spiro atoms. The van der Waals surface area contributed by atoms with E-state index in [2.05, 4.69) is 22.3 Å². The fraction of sp³-hybridized carbons (Fsp3) is 0.750. The minimum absolute atomic E-state index is 0.349. The molecule has 4 bridgehead atoms. The van der Waals surface area contributed by atoms with Crippen molar-refractivity contribution < 1.29 is 0 Å². The third-order valence-electron chi connectivity index (χ3n) is 5.83. The Morgan fingerprint density at radius 1 is 1.05 bits per heavy atom.